The van der Waals surface area contributed by atoms with Gasteiger partial charge in [0.25, 0.3) is 0 Å². The molecule has 1 fully saturated rings. The largest absolute Gasteiger partial charge is 0.481 e. The standard InChI is InChI=1S/C27H41NO15.C23H26O17.C5H8O4.C4H6O4.CH4O/c1-17(41-27(36)21-7-6-9-28-21)11-24(33)39-10-5-4-8-23(32)42-19(13-37-3)14-38-15-20(16-40-26(35)18(2)29)43-25(34)12-22(30)31;1-11(8-35-17(28)6-19(30)39-22(33)13(3)25)5-16(27)36-9-15(38-21(32)12(2)24)10-37-18(29)7-20(31)40-23(34)14(4)26;1-9-5(8)3-2-4(6)7;1-8-4(7)2-3(5)6;1-2/h17,19-21,28H,4-16H2,1-3H3,(H,30,31);11,15H,5-10H2,1-4H3;2-3H2,1H3,(H,6,7);2H2,1H3,(H,5,6);2H,1H3/t17?,19?,20?,21-;;;;/m0..../s1. The van der Waals surface area contributed by atoms with Gasteiger partial charge in [-0.1, -0.05) is 6.92 Å². The molecule has 5 unspecified atom stereocenters. The predicted octanol–water partition coefficient (Wildman–Crippen LogP) is -2.63. The van der Waals surface area contributed by atoms with Crippen LogP contribution in [0.2, 0.25) is 0 Å². The van der Waals surface area contributed by atoms with Crippen molar-refractivity contribution in [2.45, 2.75) is 155 Å². The molecule has 0 bridgehead atoms. The van der Waals surface area contributed by atoms with Crippen LogP contribution in [0.25, 0.3) is 0 Å². The summed E-state index contributed by atoms with van der Waals surface area (Å²) >= 11 is 0. The Morgan fingerprint density at radius 2 is 0.853 bits per heavy atom. The Bertz CT molecular complexity index is 2850. The van der Waals surface area contributed by atoms with Gasteiger partial charge >= 0.3 is 107 Å². The Morgan fingerprint density at radius 1 is 0.402 bits per heavy atom. The van der Waals surface area contributed by atoms with Gasteiger partial charge in [0.1, 0.15) is 63.8 Å². The lowest BCUT2D eigenvalue weighted by atomic mass is 10.1. The van der Waals surface area contributed by atoms with Crippen LogP contribution in [0.5, 0.6) is 0 Å². The third-order valence-corrected chi connectivity index (χ3v) is 11.0. The van der Waals surface area contributed by atoms with E-state index in [1.165, 1.54) is 21.1 Å². The number of methoxy groups -OCH3 is 3. The van der Waals surface area contributed by atoms with Crippen molar-refractivity contribution in [1.29, 1.82) is 0 Å². The second-order valence-corrected chi connectivity index (χ2v) is 20.3. The zero-order valence-electron chi connectivity index (χ0n) is 57.4. The van der Waals surface area contributed by atoms with Crippen LogP contribution in [0, 0.1) is 5.92 Å². The minimum atomic E-state index is -1.49. The summed E-state index contributed by atoms with van der Waals surface area (Å²) in [5.74, 6) is -23.6. The van der Waals surface area contributed by atoms with Crippen LogP contribution in [-0.2, 0) is 177 Å². The van der Waals surface area contributed by atoms with E-state index < -0.39 is 200 Å². The van der Waals surface area contributed by atoms with Crippen LogP contribution < -0.4 is 5.32 Å². The van der Waals surface area contributed by atoms with Gasteiger partial charge in [-0.15, -0.1) is 0 Å². The fourth-order valence-electron chi connectivity index (χ4n) is 6.30. The highest BCUT2D eigenvalue weighted by Gasteiger charge is 2.29. The number of aliphatic carboxylic acids is 3. The lowest BCUT2D eigenvalue weighted by molar-refractivity contribution is -0.172. The number of nitrogens with one attached hydrogen (secondary N) is 1. The first-order valence-electron chi connectivity index (χ1n) is 29.9. The van der Waals surface area contributed by atoms with Crippen molar-refractivity contribution in [3.63, 3.8) is 0 Å². The molecule has 0 spiro atoms. The summed E-state index contributed by atoms with van der Waals surface area (Å²) in [6, 6.07) is -0.342. The van der Waals surface area contributed by atoms with E-state index >= 15 is 0 Å². The smallest absolute Gasteiger partial charge is 0.381 e. The number of carbonyl (C=O) groups excluding carboxylic acids is 19. The molecule has 0 amide bonds. The van der Waals surface area contributed by atoms with Gasteiger partial charge in [-0.25, -0.2) is 19.2 Å². The Hall–Kier alpha value is -10.6. The number of carboxylic acid groups (broad SMARTS) is 3. The molecule has 0 saturated carbocycles. The summed E-state index contributed by atoms with van der Waals surface area (Å²) in [6.07, 6.45) is -6.06. The first kappa shape index (κ1) is 97.8. The lowest BCUT2D eigenvalue weighted by Gasteiger charge is -2.20. The summed E-state index contributed by atoms with van der Waals surface area (Å²) in [6.45, 7) is 4.41. The Morgan fingerprint density at radius 3 is 1.30 bits per heavy atom. The summed E-state index contributed by atoms with van der Waals surface area (Å²) in [4.78, 5) is 245. The highest BCUT2D eigenvalue weighted by molar-refractivity contribution is 6.35. The number of hydrogen-bond donors (Lipinski definition) is 5. The highest BCUT2D eigenvalue weighted by Crippen LogP contribution is 2.12. The summed E-state index contributed by atoms with van der Waals surface area (Å²) in [5, 5.41) is 34.7. The predicted molar refractivity (Wildman–Crippen MR) is 324 cm³/mol. The SMILES string of the molecule is CC(=O)C(=O)OC(=O)CC(=O)OCC(C)CC(=O)OCC(COC(=O)CC(=O)OC(=O)C(C)=O)OC(=O)C(C)=O.CO.COC(=O)CC(=O)O.COC(=O)CCC(=O)O.COCC(COCC(COC(=O)C(C)=O)OC(=O)CC(=O)O)OC(=O)CCCCOC(=O)CC(C)OC(=O)[C@@H]1CCCN1. The number of unbranched alkanes of at least 4 members (excludes halogenated alkanes) is 1. The van der Waals surface area contributed by atoms with Crippen molar-refractivity contribution >= 4 is 131 Å². The number of rotatable bonds is 43. The molecule has 0 aromatic heterocycles. The highest BCUT2D eigenvalue weighted by atomic mass is 16.6. The van der Waals surface area contributed by atoms with E-state index in [0.29, 0.717) is 19.3 Å². The molecule has 102 heavy (non-hydrogen) atoms. The van der Waals surface area contributed by atoms with Crippen LogP contribution in [0.1, 0.15) is 125 Å². The minimum absolute atomic E-state index is 0.0105. The summed E-state index contributed by atoms with van der Waals surface area (Å²) < 4.78 is 71.3. The second kappa shape index (κ2) is 58.2. The van der Waals surface area contributed by atoms with Crippen molar-refractivity contribution in [1.82, 2.24) is 5.32 Å². The molecule has 0 aromatic carbocycles. The molecule has 5 N–H and O–H groups in total. The van der Waals surface area contributed by atoms with E-state index in [1.54, 1.807) is 6.92 Å². The fourth-order valence-corrected chi connectivity index (χ4v) is 6.30. The van der Waals surface area contributed by atoms with Crippen LogP contribution in [-0.4, -0.2) is 269 Å². The molecule has 576 valence electrons. The monoisotopic (exact) mass is 1480 g/mol. The number of carbonyl (C=O) groups is 22. The Kier molecular flexibility index (Phi) is 55.8. The van der Waals surface area contributed by atoms with Crippen molar-refractivity contribution in [2.24, 2.45) is 5.92 Å². The van der Waals surface area contributed by atoms with Gasteiger partial charge in [-0.2, -0.15) is 0 Å². The van der Waals surface area contributed by atoms with Gasteiger partial charge in [0.2, 0.25) is 23.1 Å². The number of ketones is 4. The average molecular weight is 1480 g/mol. The molecule has 0 radical (unpaired) electrons. The number of carboxylic acids is 3. The van der Waals surface area contributed by atoms with E-state index in [9.17, 15) is 105 Å². The Labute approximate surface area is 580 Å². The molecule has 42 nitrogen and oxygen atoms in total. The first-order chi connectivity index (χ1) is 47.7. The normalized spacial score (nSPS) is 12.8. The molecule has 0 aromatic rings. The maximum Gasteiger partial charge on any atom is 0.381 e. The van der Waals surface area contributed by atoms with Gasteiger partial charge in [0.05, 0.1) is 72.9 Å². The number of aliphatic hydroxyl groups is 1. The Balaban J connectivity index is -0.000000749. The number of esters is 15. The first-order valence-corrected chi connectivity index (χ1v) is 29.9. The molecular weight excluding hydrogens is 1390 g/mol. The molecule has 1 aliphatic heterocycles. The molecule has 1 saturated heterocycles. The van der Waals surface area contributed by atoms with Gasteiger partial charge < -0.3 is 96.8 Å². The van der Waals surface area contributed by atoms with Crippen LogP contribution in [0.15, 0.2) is 0 Å². The zero-order valence-corrected chi connectivity index (χ0v) is 57.4. The number of aliphatic hydroxyl groups excluding tert-OH is 1. The quantitative estimate of drug-likeness (QED) is 0.0137. The second-order valence-electron chi connectivity index (χ2n) is 20.3. The van der Waals surface area contributed by atoms with Crippen molar-refractivity contribution in [3.05, 3.63) is 0 Å². The van der Waals surface area contributed by atoms with Gasteiger partial charge in [-0.05, 0) is 39.2 Å². The fraction of sp³-hybridized carbons (Fsp3) is 0.633. The van der Waals surface area contributed by atoms with Crippen molar-refractivity contribution in [2.75, 3.05) is 87.8 Å². The van der Waals surface area contributed by atoms with Gasteiger partial charge in [0.15, 0.2) is 12.2 Å². The van der Waals surface area contributed by atoms with Crippen molar-refractivity contribution < 1.29 is 197 Å². The molecule has 1 rings (SSSR count). The molecular formula is C60H85NO41. The van der Waals surface area contributed by atoms with E-state index in [1.807, 2.05) is 0 Å². The zero-order chi connectivity index (χ0) is 79.0. The lowest BCUT2D eigenvalue weighted by Crippen LogP contribution is -2.35. The van der Waals surface area contributed by atoms with Crippen molar-refractivity contribution in [3.8, 4) is 0 Å². The minimum Gasteiger partial charge on any atom is -0.481 e. The average Bonchev–Trinajstić information content (AvgIpc) is 1.64. The molecule has 0 aliphatic carbocycles. The third-order valence-electron chi connectivity index (χ3n) is 11.0. The molecule has 42 heteroatoms. The molecule has 1 heterocycles. The maximum absolute atomic E-state index is 12.3. The topological polar surface area (TPSA) is 607 Å². The number of Topliss-reactive ketones (excluding diaryl/α,β-unsaturated/α-hetero) is 4. The van der Waals surface area contributed by atoms with Crippen LogP contribution >= 0.6 is 0 Å². The summed E-state index contributed by atoms with van der Waals surface area (Å²) in [5.41, 5.74) is 0. The van der Waals surface area contributed by atoms with Gasteiger partial charge in [-0.3, -0.25) is 86.3 Å². The van der Waals surface area contributed by atoms with Crippen LogP contribution in [0.3, 0.4) is 0 Å². The van der Waals surface area contributed by atoms with E-state index in [4.69, 9.17) is 72.5 Å². The molecule has 6 atom stereocenters. The van der Waals surface area contributed by atoms with E-state index in [2.05, 4.69) is 24.3 Å². The third kappa shape index (κ3) is 57.3. The van der Waals surface area contributed by atoms with Gasteiger partial charge in [0, 0.05) is 54.3 Å². The number of ether oxygens (including phenoxy) is 15. The van der Waals surface area contributed by atoms with Crippen LogP contribution in [0.4, 0.5) is 0 Å². The maximum atomic E-state index is 12.3. The van der Waals surface area contributed by atoms with E-state index in [0.717, 1.165) is 54.9 Å². The summed E-state index contributed by atoms with van der Waals surface area (Å²) in [7, 11) is 4.75. The molecule has 1 aliphatic rings. The van der Waals surface area contributed by atoms with E-state index in [-0.39, 0.29) is 77.1 Å². The number of hydrogen-bond acceptors (Lipinski definition) is 39.